The second kappa shape index (κ2) is 3.04. The highest BCUT2D eigenvalue weighted by molar-refractivity contribution is 5.26. The summed E-state index contributed by atoms with van der Waals surface area (Å²) in [5.74, 6) is 0. The number of ether oxygens (including phenoxy) is 2. The van der Waals surface area contributed by atoms with Gasteiger partial charge in [-0.05, 0) is 13.8 Å². The van der Waals surface area contributed by atoms with Gasteiger partial charge in [0.25, 0.3) is 0 Å². The summed E-state index contributed by atoms with van der Waals surface area (Å²) in [7, 11) is 0. The molecular formula is C10H14O2. The molecule has 1 aliphatic carbocycles. The van der Waals surface area contributed by atoms with Crippen molar-refractivity contribution in [3.05, 3.63) is 23.8 Å². The fraction of sp³-hybridized carbons (Fsp3) is 0.600. The maximum Gasteiger partial charge on any atom is 0.106 e. The second-order valence-electron chi connectivity index (χ2n) is 3.48. The molecule has 1 heterocycles. The molecule has 0 N–H and O–H groups in total. The van der Waals surface area contributed by atoms with E-state index in [1.807, 2.05) is 6.92 Å². The Balaban J connectivity index is 2.10. The van der Waals surface area contributed by atoms with E-state index < -0.39 is 0 Å². The van der Waals surface area contributed by atoms with Crippen LogP contribution in [-0.4, -0.2) is 24.9 Å². The molecule has 0 saturated carbocycles. The van der Waals surface area contributed by atoms with Crippen molar-refractivity contribution in [3.63, 3.8) is 0 Å². The standard InChI is InChI=1S/C10H14O2/c1-7-3-4-9-10(5-7)11-6-8(2)12-9/h3-5,8-10H,6H2,1-2H3. The summed E-state index contributed by atoms with van der Waals surface area (Å²) in [4.78, 5) is 0. The van der Waals surface area contributed by atoms with E-state index in [1.165, 1.54) is 5.57 Å². The molecule has 2 nitrogen and oxygen atoms in total. The quantitative estimate of drug-likeness (QED) is 0.545. The van der Waals surface area contributed by atoms with Crippen LogP contribution < -0.4 is 0 Å². The van der Waals surface area contributed by atoms with Crippen molar-refractivity contribution >= 4 is 0 Å². The van der Waals surface area contributed by atoms with Crippen molar-refractivity contribution < 1.29 is 9.47 Å². The minimum Gasteiger partial charge on any atom is -0.368 e. The maximum absolute atomic E-state index is 5.68. The van der Waals surface area contributed by atoms with Crippen LogP contribution in [0.2, 0.25) is 0 Å². The van der Waals surface area contributed by atoms with Crippen molar-refractivity contribution in [2.45, 2.75) is 32.2 Å². The van der Waals surface area contributed by atoms with Crippen LogP contribution in [0.15, 0.2) is 23.8 Å². The third kappa shape index (κ3) is 1.45. The molecule has 0 spiro atoms. The molecule has 2 heteroatoms. The van der Waals surface area contributed by atoms with Gasteiger partial charge in [0.1, 0.15) is 12.2 Å². The van der Waals surface area contributed by atoms with Gasteiger partial charge >= 0.3 is 0 Å². The molecule has 1 saturated heterocycles. The number of allylic oxidation sites excluding steroid dienone is 2. The minimum atomic E-state index is 0.137. The van der Waals surface area contributed by atoms with Crippen LogP contribution >= 0.6 is 0 Å². The van der Waals surface area contributed by atoms with E-state index in [9.17, 15) is 0 Å². The smallest absolute Gasteiger partial charge is 0.106 e. The molecule has 0 aromatic heterocycles. The summed E-state index contributed by atoms with van der Waals surface area (Å²) in [5.41, 5.74) is 1.26. The molecule has 0 aromatic rings. The number of hydrogen-bond acceptors (Lipinski definition) is 2. The Hall–Kier alpha value is -0.600. The van der Waals surface area contributed by atoms with Crippen LogP contribution in [0.3, 0.4) is 0 Å². The molecule has 0 bridgehead atoms. The van der Waals surface area contributed by atoms with Gasteiger partial charge in [-0.3, -0.25) is 0 Å². The Morgan fingerprint density at radius 3 is 3.08 bits per heavy atom. The van der Waals surface area contributed by atoms with E-state index in [0.29, 0.717) is 6.61 Å². The van der Waals surface area contributed by atoms with E-state index in [-0.39, 0.29) is 18.3 Å². The Kier molecular flexibility index (Phi) is 2.03. The highest BCUT2D eigenvalue weighted by atomic mass is 16.6. The molecule has 0 amide bonds. The lowest BCUT2D eigenvalue weighted by atomic mass is 10.0. The first-order valence-electron chi connectivity index (χ1n) is 4.39. The van der Waals surface area contributed by atoms with Crippen LogP contribution in [0.25, 0.3) is 0 Å². The van der Waals surface area contributed by atoms with Gasteiger partial charge in [-0.1, -0.05) is 23.8 Å². The largest absolute Gasteiger partial charge is 0.368 e. The van der Waals surface area contributed by atoms with Crippen molar-refractivity contribution in [2.75, 3.05) is 6.61 Å². The van der Waals surface area contributed by atoms with Crippen molar-refractivity contribution in [1.82, 2.24) is 0 Å². The maximum atomic E-state index is 5.68. The molecule has 1 aliphatic heterocycles. The molecule has 1 fully saturated rings. The van der Waals surface area contributed by atoms with Gasteiger partial charge in [-0.15, -0.1) is 0 Å². The SMILES string of the molecule is CC1=CC2OCC(C)OC2C=C1. The summed E-state index contributed by atoms with van der Waals surface area (Å²) >= 11 is 0. The molecule has 2 rings (SSSR count). The molecule has 3 atom stereocenters. The third-order valence-electron chi connectivity index (χ3n) is 2.21. The predicted molar refractivity (Wildman–Crippen MR) is 47.0 cm³/mol. The van der Waals surface area contributed by atoms with Crippen molar-refractivity contribution in [1.29, 1.82) is 0 Å². The summed E-state index contributed by atoms with van der Waals surface area (Å²) in [5, 5.41) is 0. The zero-order valence-electron chi connectivity index (χ0n) is 7.49. The van der Waals surface area contributed by atoms with Gasteiger partial charge in [0.15, 0.2) is 0 Å². The number of fused-ring (bicyclic) bond motifs is 1. The molecule has 66 valence electrons. The average molecular weight is 166 g/mol. The fourth-order valence-electron chi connectivity index (χ4n) is 1.59. The highest BCUT2D eigenvalue weighted by Gasteiger charge is 2.28. The lowest BCUT2D eigenvalue weighted by Crippen LogP contribution is -2.41. The normalized spacial score (nSPS) is 40.5. The van der Waals surface area contributed by atoms with Gasteiger partial charge in [-0.2, -0.15) is 0 Å². The van der Waals surface area contributed by atoms with E-state index >= 15 is 0 Å². The fourth-order valence-corrected chi connectivity index (χ4v) is 1.59. The van der Waals surface area contributed by atoms with E-state index in [0.717, 1.165) is 0 Å². The van der Waals surface area contributed by atoms with Crippen molar-refractivity contribution in [2.24, 2.45) is 0 Å². The van der Waals surface area contributed by atoms with Crippen LogP contribution in [0.4, 0.5) is 0 Å². The number of hydrogen-bond donors (Lipinski definition) is 0. The Morgan fingerprint density at radius 2 is 2.25 bits per heavy atom. The van der Waals surface area contributed by atoms with Gasteiger partial charge in [-0.25, -0.2) is 0 Å². The highest BCUT2D eigenvalue weighted by Crippen LogP contribution is 2.22. The van der Waals surface area contributed by atoms with Gasteiger partial charge < -0.3 is 9.47 Å². The number of rotatable bonds is 0. The average Bonchev–Trinajstić information content (AvgIpc) is 2.05. The van der Waals surface area contributed by atoms with E-state index in [2.05, 4.69) is 25.2 Å². The first kappa shape index (κ1) is 8.02. The molecular weight excluding hydrogens is 152 g/mol. The van der Waals surface area contributed by atoms with E-state index in [1.54, 1.807) is 0 Å². The Morgan fingerprint density at radius 1 is 1.42 bits per heavy atom. The summed E-state index contributed by atoms with van der Waals surface area (Å²) in [6.45, 7) is 4.82. The van der Waals surface area contributed by atoms with Gasteiger partial charge in [0.05, 0.1) is 12.7 Å². The third-order valence-corrected chi connectivity index (χ3v) is 2.21. The molecule has 3 unspecified atom stereocenters. The van der Waals surface area contributed by atoms with Crippen LogP contribution in [-0.2, 0) is 9.47 Å². The van der Waals surface area contributed by atoms with E-state index in [4.69, 9.17) is 9.47 Å². The first-order valence-corrected chi connectivity index (χ1v) is 4.39. The molecule has 0 radical (unpaired) electrons. The topological polar surface area (TPSA) is 18.5 Å². The summed E-state index contributed by atoms with van der Waals surface area (Å²) < 4.78 is 11.3. The van der Waals surface area contributed by atoms with Crippen LogP contribution in [0.1, 0.15) is 13.8 Å². The van der Waals surface area contributed by atoms with Gasteiger partial charge in [0, 0.05) is 0 Å². The summed E-state index contributed by atoms with van der Waals surface area (Å²) in [6.07, 6.45) is 6.79. The minimum absolute atomic E-state index is 0.137. The first-order chi connectivity index (χ1) is 5.75. The lowest BCUT2D eigenvalue weighted by Gasteiger charge is -2.34. The summed E-state index contributed by atoms with van der Waals surface area (Å²) in [6, 6.07) is 0. The monoisotopic (exact) mass is 166 g/mol. The zero-order valence-corrected chi connectivity index (χ0v) is 7.49. The second-order valence-corrected chi connectivity index (χ2v) is 3.48. The Bertz CT molecular complexity index is 230. The Labute approximate surface area is 72.9 Å². The van der Waals surface area contributed by atoms with Gasteiger partial charge in [0.2, 0.25) is 0 Å². The van der Waals surface area contributed by atoms with Crippen molar-refractivity contribution in [3.8, 4) is 0 Å². The molecule has 2 aliphatic rings. The predicted octanol–water partition coefficient (Wildman–Crippen LogP) is 1.68. The van der Waals surface area contributed by atoms with Crippen LogP contribution in [0, 0.1) is 0 Å². The lowest BCUT2D eigenvalue weighted by molar-refractivity contribution is -0.141. The zero-order chi connectivity index (χ0) is 8.55. The molecule has 12 heavy (non-hydrogen) atoms. The van der Waals surface area contributed by atoms with Crippen LogP contribution in [0.5, 0.6) is 0 Å². The molecule has 0 aromatic carbocycles.